The third-order valence-electron chi connectivity index (χ3n) is 4.99. The number of benzene rings is 1. The lowest BCUT2D eigenvalue weighted by Crippen LogP contribution is -2.36. The van der Waals surface area contributed by atoms with Crippen LogP contribution in [0.3, 0.4) is 0 Å². The highest BCUT2D eigenvalue weighted by molar-refractivity contribution is 6.04. The van der Waals surface area contributed by atoms with Gasteiger partial charge < -0.3 is 10.2 Å². The molecule has 2 aromatic rings. The van der Waals surface area contributed by atoms with Crippen molar-refractivity contribution in [3.63, 3.8) is 0 Å². The second-order valence-electron chi connectivity index (χ2n) is 7.30. The van der Waals surface area contributed by atoms with E-state index in [9.17, 15) is 4.79 Å². The topological polar surface area (TPSA) is 58.1 Å². The van der Waals surface area contributed by atoms with Gasteiger partial charge in [0.05, 0.1) is 0 Å². The normalized spacial score (nSPS) is 17.2. The molecule has 1 N–H and O–H groups in total. The number of carbonyl (C=O) groups excluding carboxylic acids is 1. The molecule has 1 aromatic carbocycles. The third-order valence-corrected chi connectivity index (χ3v) is 4.99. The van der Waals surface area contributed by atoms with Crippen molar-refractivity contribution in [1.82, 2.24) is 9.97 Å². The van der Waals surface area contributed by atoms with Gasteiger partial charge in [0.2, 0.25) is 5.95 Å². The maximum atomic E-state index is 12.9. The van der Waals surface area contributed by atoms with Gasteiger partial charge in [-0.05, 0) is 56.2 Å². The maximum Gasteiger partial charge on any atom is 0.274 e. The van der Waals surface area contributed by atoms with E-state index in [0.29, 0.717) is 17.6 Å². The Morgan fingerprint density at radius 1 is 1.31 bits per heavy atom. The van der Waals surface area contributed by atoms with Gasteiger partial charge in [0.1, 0.15) is 5.69 Å². The molecule has 138 valence electrons. The highest BCUT2D eigenvalue weighted by atomic mass is 16.1. The van der Waals surface area contributed by atoms with Crippen molar-refractivity contribution in [2.24, 2.45) is 5.92 Å². The molecule has 5 heteroatoms. The van der Waals surface area contributed by atoms with E-state index >= 15 is 0 Å². The minimum absolute atomic E-state index is 0.175. The first kappa shape index (κ1) is 18.4. The first-order valence-electron chi connectivity index (χ1n) is 9.48. The molecule has 0 saturated carbocycles. The lowest BCUT2D eigenvalue weighted by molar-refractivity contribution is 0.102. The molecule has 0 spiro atoms. The summed E-state index contributed by atoms with van der Waals surface area (Å²) in [5.41, 5.74) is 4.34. The van der Waals surface area contributed by atoms with Crippen LogP contribution >= 0.6 is 0 Å². The fourth-order valence-electron chi connectivity index (χ4n) is 3.56. The summed E-state index contributed by atoms with van der Waals surface area (Å²) in [5, 5.41) is 3.06. The second-order valence-corrected chi connectivity index (χ2v) is 7.30. The van der Waals surface area contributed by atoms with Gasteiger partial charge in [0.15, 0.2) is 0 Å². The van der Waals surface area contributed by atoms with Gasteiger partial charge in [-0.3, -0.25) is 4.79 Å². The molecule has 1 aliphatic heterocycles. The van der Waals surface area contributed by atoms with Crippen LogP contribution in [0.2, 0.25) is 0 Å². The number of anilines is 2. The number of amides is 1. The molecule has 1 unspecified atom stereocenters. The Bertz CT molecular complexity index is 803. The first-order chi connectivity index (χ1) is 12.5. The molecule has 1 saturated heterocycles. The number of piperidine rings is 1. The Morgan fingerprint density at radius 2 is 2.12 bits per heavy atom. The highest BCUT2D eigenvalue weighted by Crippen LogP contribution is 2.23. The zero-order chi connectivity index (χ0) is 18.7. The van der Waals surface area contributed by atoms with E-state index in [0.717, 1.165) is 48.4 Å². The number of hydrogen-bond acceptors (Lipinski definition) is 4. The standard InChI is InChI=1S/C21H28N4O/c1-5-17-10-6-9-15(3)19(17)24-20(26)18-12-16(4)22-21(23-18)25-11-7-8-14(2)13-25/h6,9-10,12,14H,5,7-8,11,13H2,1-4H3,(H,24,26). The summed E-state index contributed by atoms with van der Waals surface area (Å²) < 4.78 is 0. The molecule has 1 aliphatic rings. The average Bonchev–Trinajstić information content (AvgIpc) is 2.62. The van der Waals surface area contributed by atoms with Crippen molar-refractivity contribution >= 4 is 17.5 Å². The predicted octanol–water partition coefficient (Wildman–Crippen LogP) is 4.14. The minimum Gasteiger partial charge on any atom is -0.341 e. The Labute approximate surface area is 155 Å². The highest BCUT2D eigenvalue weighted by Gasteiger charge is 2.21. The average molecular weight is 352 g/mol. The van der Waals surface area contributed by atoms with E-state index in [1.807, 2.05) is 32.0 Å². The molecule has 1 amide bonds. The molecular weight excluding hydrogens is 324 g/mol. The summed E-state index contributed by atoms with van der Waals surface area (Å²) >= 11 is 0. The molecule has 0 bridgehead atoms. The number of hydrogen-bond donors (Lipinski definition) is 1. The molecule has 26 heavy (non-hydrogen) atoms. The second kappa shape index (κ2) is 7.85. The third kappa shape index (κ3) is 4.03. The fraction of sp³-hybridized carbons (Fsp3) is 0.476. The monoisotopic (exact) mass is 352 g/mol. The lowest BCUT2D eigenvalue weighted by atomic mass is 10.0. The van der Waals surface area contributed by atoms with E-state index in [4.69, 9.17) is 0 Å². The van der Waals surface area contributed by atoms with Crippen LogP contribution in [0.15, 0.2) is 24.3 Å². The number of nitrogens with one attached hydrogen (secondary N) is 1. The van der Waals surface area contributed by atoms with E-state index in [1.165, 1.54) is 6.42 Å². The molecule has 0 aliphatic carbocycles. The Morgan fingerprint density at radius 3 is 2.85 bits per heavy atom. The van der Waals surface area contributed by atoms with Crippen molar-refractivity contribution < 1.29 is 4.79 Å². The van der Waals surface area contributed by atoms with Gasteiger partial charge >= 0.3 is 0 Å². The zero-order valence-corrected chi connectivity index (χ0v) is 16.2. The number of rotatable bonds is 4. The van der Waals surface area contributed by atoms with E-state index in [2.05, 4.69) is 34.0 Å². The molecule has 2 heterocycles. The fourth-order valence-corrected chi connectivity index (χ4v) is 3.56. The Balaban J connectivity index is 1.86. The summed E-state index contributed by atoms with van der Waals surface area (Å²) in [6.45, 7) is 10.2. The van der Waals surface area contributed by atoms with E-state index in [-0.39, 0.29) is 5.91 Å². The summed E-state index contributed by atoms with van der Waals surface area (Å²) in [6, 6.07) is 7.85. The van der Waals surface area contributed by atoms with Crippen LogP contribution in [-0.4, -0.2) is 29.0 Å². The first-order valence-corrected chi connectivity index (χ1v) is 9.48. The van der Waals surface area contributed by atoms with Crippen molar-refractivity contribution in [3.05, 3.63) is 46.8 Å². The summed E-state index contributed by atoms with van der Waals surface area (Å²) in [4.78, 5) is 24.2. The SMILES string of the molecule is CCc1cccc(C)c1NC(=O)c1cc(C)nc(N2CCCC(C)C2)n1. The summed E-state index contributed by atoms with van der Waals surface area (Å²) in [5.74, 6) is 1.12. The number of nitrogens with zero attached hydrogens (tertiary/aromatic N) is 3. The van der Waals surface area contributed by atoms with Crippen LogP contribution in [0, 0.1) is 19.8 Å². The quantitative estimate of drug-likeness (QED) is 0.898. The molecule has 3 rings (SSSR count). The van der Waals surface area contributed by atoms with Gasteiger partial charge in [-0.2, -0.15) is 0 Å². The molecular formula is C21H28N4O. The maximum absolute atomic E-state index is 12.9. The molecule has 1 aromatic heterocycles. The molecule has 0 radical (unpaired) electrons. The van der Waals surface area contributed by atoms with Gasteiger partial charge in [0.25, 0.3) is 5.91 Å². The molecule has 5 nitrogen and oxygen atoms in total. The summed E-state index contributed by atoms with van der Waals surface area (Å²) in [7, 11) is 0. The zero-order valence-electron chi connectivity index (χ0n) is 16.2. The summed E-state index contributed by atoms with van der Waals surface area (Å²) in [6.07, 6.45) is 3.25. The van der Waals surface area contributed by atoms with Crippen LogP contribution in [0.25, 0.3) is 0 Å². The number of aryl methyl sites for hydroxylation is 3. The van der Waals surface area contributed by atoms with Crippen LogP contribution < -0.4 is 10.2 Å². The van der Waals surface area contributed by atoms with Crippen molar-refractivity contribution in [2.75, 3.05) is 23.3 Å². The lowest BCUT2D eigenvalue weighted by Gasteiger charge is -2.31. The van der Waals surface area contributed by atoms with Crippen LogP contribution in [0.4, 0.5) is 11.6 Å². The van der Waals surface area contributed by atoms with Crippen LogP contribution in [0.5, 0.6) is 0 Å². The molecule has 1 atom stereocenters. The van der Waals surface area contributed by atoms with Gasteiger partial charge in [0, 0.05) is 24.5 Å². The number of para-hydroxylation sites is 1. The van der Waals surface area contributed by atoms with Crippen molar-refractivity contribution in [1.29, 1.82) is 0 Å². The van der Waals surface area contributed by atoms with E-state index in [1.54, 1.807) is 6.07 Å². The van der Waals surface area contributed by atoms with Gasteiger partial charge in [-0.25, -0.2) is 9.97 Å². The number of carbonyl (C=O) groups is 1. The van der Waals surface area contributed by atoms with Crippen molar-refractivity contribution in [2.45, 2.75) is 47.0 Å². The Kier molecular flexibility index (Phi) is 5.55. The van der Waals surface area contributed by atoms with Crippen LogP contribution in [0.1, 0.15) is 54.0 Å². The number of aromatic nitrogens is 2. The molecule has 1 fully saturated rings. The van der Waals surface area contributed by atoms with Gasteiger partial charge in [-0.1, -0.05) is 32.0 Å². The van der Waals surface area contributed by atoms with Crippen molar-refractivity contribution in [3.8, 4) is 0 Å². The van der Waals surface area contributed by atoms with Gasteiger partial charge in [-0.15, -0.1) is 0 Å². The minimum atomic E-state index is -0.175. The largest absolute Gasteiger partial charge is 0.341 e. The van der Waals surface area contributed by atoms with Crippen LogP contribution in [-0.2, 0) is 6.42 Å². The smallest absolute Gasteiger partial charge is 0.274 e. The Hall–Kier alpha value is -2.43. The van der Waals surface area contributed by atoms with E-state index < -0.39 is 0 Å². The predicted molar refractivity (Wildman–Crippen MR) is 106 cm³/mol.